The minimum Gasteiger partial charge on any atom is -0.505 e. The molecule has 13 heavy (non-hydrogen) atoms. The molecule has 0 fully saturated rings. The summed E-state index contributed by atoms with van der Waals surface area (Å²) in [5.74, 6) is -2.37. The molecule has 0 unspecified atom stereocenters. The topological polar surface area (TPSA) is 46.2 Å². The van der Waals surface area contributed by atoms with Crippen LogP contribution in [0.25, 0.3) is 0 Å². The van der Waals surface area contributed by atoms with Crippen LogP contribution in [-0.4, -0.2) is 10.1 Å². The minimum absolute atomic E-state index is 0.0180. The van der Waals surface area contributed by atoms with Crippen LogP contribution in [0, 0.1) is 11.6 Å². The van der Waals surface area contributed by atoms with E-state index in [0.29, 0.717) is 6.07 Å². The molecular formula is C8H7F2NOS. The first-order valence-corrected chi connectivity index (χ1v) is 3.86. The van der Waals surface area contributed by atoms with Crippen LogP contribution in [0.2, 0.25) is 0 Å². The van der Waals surface area contributed by atoms with Crippen LogP contribution in [0.4, 0.5) is 8.78 Å². The van der Waals surface area contributed by atoms with E-state index in [1.165, 1.54) is 0 Å². The number of thiocarbonyl (C=S) groups is 1. The summed E-state index contributed by atoms with van der Waals surface area (Å²) >= 11 is 4.55. The van der Waals surface area contributed by atoms with Crippen LogP contribution < -0.4 is 5.73 Å². The van der Waals surface area contributed by atoms with Crippen molar-refractivity contribution in [1.29, 1.82) is 0 Å². The van der Waals surface area contributed by atoms with E-state index in [1.807, 2.05) is 0 Å². The molecule has 0 atom stereocenters. The third-order valence-electron chi connectivity index (χ3n) is 1.47. The van der Waals surface area contributed by atoms with Crippen molar-refractivity contribution in [3.63, 3.8) is 0 Å². The maximum absolute atomic E-state index is 12.7. The molecule has 1 aromatic rings. The molecule has 1 rings (SSSR count). The highest BCUT2D eigenvalue weighted by Gasteiger charge is 2.10. The van der Waals surface area contributed by atoms with E-state index in [0.717, 1.165) is 6.07 Å². The Hall–Kier alpha value is -1.23. The predicted octanol–water partition coefficient (Wildman–Crippen LogP) is 1.50. The zero-order valence-electron chi connectivity index (χ0n) is 6.55. The minimum atomic E-state index is -1.01. The number of hydrogen-bond acceptors (Lipinski definition) is 2. The molecule has 0 radical (unpaired) electrons. The molecule has 0 amide bonds. The van der Waals surface area contributed by atoms with Crippen LogP contribution in [0.3, 0.4) is 0 Å². The third kappa shape index (κ3) is 2.35. The van der Waals surface area contributed by atoms with E-state index in [-0.39, 0.29) is 17.0 Å². The zero-order chi connectivity index (χ0) is 10.0. The van der Waals surface area contributed by atoms with Crippen LogP contribution in [-0.2, 0) is 6.42 Å². The van der Waals surface area contributed by atoms with Crippen molar-refractivity contribution in [3.8, 4) is 5.75 Å². The van der Waals surface area contributed by atoms with Crippen LogP contribution in [0.15, 0.2) is 12.1 Å². The summed E-state index contributed by atoms with van der Waals surface area (Å²) in [5, 5.41) is 9.11. The number of halogens is 2. The summed E-state index contributed by atoms with van der Waals surface area (Å²) in [6, 6.07) is 1.59. The van der Waals surface area contributed by atoms with Crippen molar-refractivity contribution in [2.24, 2.45) is 5.73 Å². The van der Waals surface area contributed by atoms with E-state index in [9.17, 15) is 8.78 Å². The lowest BCUT2D eigenvalue weighted by molar-refractivity contribution is 0.423. The van der Waals surface area contributed by atoms with Crippen LogP contribution in [0.5, 0.6) is 5.75 Å². The quantitative estimate of drug-likeness (QED) is 0.716. The van der Waals surface area contributed by atoms with Crippen LogP contribution in [0.1, 0.15) is 5.56 Å². The highest BCUT2D eigenvalue weighted by Crippen LogP contribution is 2.22. The SMILES string of the molecule is NC(=S)Cc1cc(F)cc(F)c1O. The second kappa shape index (κ2) is 3.66. The lowest BCUT2D eigenvalue weighted by Gasteiger charge is -2.04. The van der Waals surface area contributed by atoms with Gasteiger partial charge in [0.15, 0.2) is 11.6 Å². The first-order valence-electron chi connectivity index (χ1n) is 3.46. The summed E-state index contributed by atoms with van der Waals surface area (Å²) in [6.45, 7) is 0. The molecule has 0 heterocycles. The Balaban J connectivity index is 3.12. The fourth-order valence-corrected chi connectivity index (χ4v) is 1.10. The highest BCUT2D eigenvalue weighted by atomic mass is 32.1. The lowest BCUT2D eigenvalue weighted by Crippen LogP contribution is -2.11. The van der Waals surface area contributed by atoms with Gasteiger partial charge in [0, 0.05) is 18.1 Å². The molecule has 0 saturated heterocycles. The maximum atomic E-state index is 12.7. The van der Waals surface area contributed by atoms with Crippen molar-refractivity contribution >= 4 is 17.2 Å². The van der Waals surface area contributed by atoms with Crippen molar-refractivity contribution < 1.29 is 13.9 Å². The van der Waals surface area contributed by atoms with Crippen molar-refractivity contribution in [2.45, 2.75) is 6.42 Å². The number of hydrogen-bond donors (Lipinski definition) is 2. The summed E-state index contributed by atoms with van der Waals surface area (Å²) in [5.41, 5.74) is 5.23. The summed E-state index contributed by atoms with van der Waals surface area (Å²) in [4.78, 5) is 0.0697. The van der Waals surface area contributed by atoms with Gasteiger partial charge < -0.3 is 10.8 Å². The van der Waals surface area contributed by atoms with Gasteiger partial charge in [0.05, 0.1) is 4.99 Å². The standard InChI is InChI=1S/C8H7F2NOS/c9-5-1-4(2-7(11)13)8(12)6(10)3-5/h1,3,12H,2H2,(H2,11,13). The van der Waals surface area contributed by atoms with E-state index in [2.05, 4.69) is 12.2 Å². The van der Waals surface area contributed by atoms with Gasteiger partial charge in [-0.15, -0.1) is 0 Å². The van der Waals surface area contributed by atoms with Gasteiger partial charge in [-0.2, -0.15) is 0 Å². The Morgan fingerprint density at radius 1 is 1.46 bits per heavy atom. The molecule has 5 heteroatoms. The van der Waals surface area contributed by atoms with Crippen molar-refractivity contribution in [2.75, 3.05) is 0 Å². The van der Waals surface area contributed by atoms with Crippen molar-refractivity contribution in [1.82, 2.24) is 0 Å². The molecular weight excluding hydrogens is 196 g/mol. The second-order valence-electron chi connectivity index (χ2n) is 2.54. The molecule has 0 aliphatic rings. The number of aromatic hydroxyl groups is 1. The zero-order valence-corrected chi connectivity index (χ0v) is 7.37. The fourth-order valence-electron chi connectivity index (χ4n) is 0.942. The number of rotatable bonds is 2. The maximum Gasteiger partial charge on any atom is 0.168 e. The number of benzene rings is 1. The largest absolute Gasteiger partial charge is 0.505 e. The average molecular weight is 203 g/mol. The van der Waals surface area contributed by atoms with Crippen LogP contribution >= 0.6 is 12.2 Å². The number of nitrogens with two attached hydrogens (primary N) is 1. The molecule has 0 bridgehead atoms. The molecule has 0 saturated carbocycles. The van der Waals surface area contributed by atoms with Gasteiger partial charge in [0.2, 0.25) is 0 Å². The lowest BCUT2D eigenvalue weighted by atomic mass is 10.1. The van der Waals surface area contributed by atoms with Crippen molar-refractivity contribution in [3.05, 3.63) is 29.3 Å². The second-order valence-corrected chi connectivity index (χ2v) is 3.06. The summed E-state index contributed by atoms with van der Waals surface area (Å²) in [6.07, 6.45) is -0.0180. The Morgan fingerprint density at radius 2 is 2.08 bits per heavy atom. The first-order chi connectivity index (χ1) is 6.00. The average Bonchev–Trinajstić information content (AvgIpc) is 1.98. The molecule has 0 aromatic heterocycles. The normalized spacial score (nSPS) is 10.0. The molecule has 2 nitrogen and oxygen atoms in total. The summed E-state index contributed by atoms with van der Waals surface area (Å²) < 4.78 is 25.3. The van der Waals surface area contributed by atoms with Gasteiger partial charge in [0.25, 0.3) is 0 Å². The van der Waals surface area contributed by atoms with Gasteiger partial charge in [0.1, 0.15) is 5.82 Å². The van der Waals surface area contributed by atoms with E-state index in [4.69, 9.17) is 10.8 Å². The van der Waals surface area contributed by atoms with E-state index in [1.54, 1.807) is 0 Å². The predicted molar refractivity (Wildman–Crippen MR) is 48.5 cm³/mol. The molecule has 3 N–H and O–H groups in total. The fraction of sp³-hybridized carbons (Fsp3) is 0.125. The Bertz CT molecular complexity index is 354. The smallest absolute Gasteiger partial charge is 0.168 e. The molecule has 0 aliphatic carbocycles. The van der Waals surface area contributed by atoms with Gasteiger partial charge in [-0.05, 0) is 6.07 Å². The summed E-state index contributed by atoms with van der Waals surface area (Å²) in [7, 11) is 0. The van der Waals surface area contributed by atoms with Gasteiger partial charge in [-0.25, -0.2) is 8.78 Å². The Kier molecular flexibility index (Phi) is 2.77. The Labute approximate surface area is 79.0 Å². The van der Waals surface area contributed by atoms with Gasteiger partial charge in [-0.3, -0.25) is 0 Å². The Morgan fingerprint density at radius 3 is 2.62 bits per heavy atom. The monoisotopic (exact) mass is 203 g/mol. The molecule has 1 aromatic carbocycles. The van der Waals surface area contributed by atoms with Gasteiger partial charge >= 0.3 is 0 Å². The number of phenolic OH excluding ortho intramolecular Hbond substituents is 1. The van der Waals surface area contributed by atoms with Gasteiger partial charge in [-0.1, -0.05) is 12.2 Å². The molecule has 0 spiro atoms. The molecule has 0 aliphatic heterocycles. The first kappa shape index (κ1) is 9.85. The highest BCUT2D eigenvalue weighted by molar-refractivity contribution is 7.80. The van der Waals surface area contributed by atoms with E-state index >= 15 is 0 Å². The third-order valence-corrected chi connectivity index (χ3v) is 1.62. The van der Waals surface area contributed by atoms with E-state index < -0.39 is 17.4 Å². The number of phenols is 1. The molecule has 70 valence electrons.